The second-order valence-corrected chi connectivity index (χ2v) is 8.84. The van der Waals surface area contributed by atoms with Gasteiger partial charge in [-0.25, -0.2) is 19.9 Å². The lowest BCUT2D eigenvalue weighted by Crippen LogP contribution is -2.34. The molecule has 1 atom stereocenters. The highest BCUT2D eigenvalue weighted by atomic mass is 32.1. The Labute approximate surface area is 189 Å². The predicted octanol–water partition coefficient (Wildman–Crippen LogP) is 2.72. The highest BCUT2D eigenvalue weighted by Crippen LogP contribution is 2.30. The first-order valence-electron chi connectivity index (χ1n) is 10.6. The highest BCUT2D eigenvalue weighted by molar-refractivity contribution is 7.13. The molecule has 0 radical (unpaired) electrons. The van der Waals surface area contributed by atoms with Crippen molar-refractivity contribution in [1.82, 2.24) is 34.4 Å². The normalized spacial score (nSPS) is 17.0. The number of aromatic nitrogens is 6. The van der Waals surface area contributed by atoms with Gasteiger partial charge in [-0.05, 0) is 30.8 Å². The van der Waals surface area contributed by atoms with Gasteiger partial charge in [0.05, 0.1) is 16.3 Å². The van der Waals surface area contributed by atoms with Crippen LogP contribution in [0, 0.1) is 0 Å². The van der Waals surface area contributed by atoms with Crippen LogP contribution in [0.5, 0.6) is 5.88 Å². The molecular weight excluding hydrogens is 424 g/mol. The van der Waals surface area contributed by atoms with Gasteiger partial charge in [0.2, 0.25) is 11.8 Å². The van der Waals surface area contributed by atoms with Crippen molar-refractivity contribution in [2.75, 3.05) is 13.1 Å². The predicted molar refractivity (Wildman–Crippen MR) is 121 cm³/mol. The molecular formula is C22H24N8OS. The van der Waals surface area contributed by atoms with E-state index in [1.54, 1.807) is 36.1 Å². The number of nitrogens with two attached hydrogens (primary N) is 1. The number of thiophene rings is 1. The minimum absolute atomic E-state index is 0.0231. The topological polar surface area (TPSA) is 119 Å². The molecule has 32 heavy (non-hydrogen) atoms. The quantitative estimate of drug-likeness (QED) is 0.462. The van der Waals surface area contributed by atoms with Crippen LogP contribution in [0.3, 0.4) is 0 Å². The second-order valence-electron chi connectivity index (χ2n) is 7.89. The number of likely N-dealkylation sites (tertiary alicyclic amines) is 1. The molecule has 1 aliphatic rings. The number of hydrogen-bond acceptors (Lipinski definition) is 9. The molecule has 0 saturated carbocycles. The van der Waals surface area contributed by atoms with Crippen molar-refractivity contribution in [1.29, 1.82) is 0 Å². The Bertz CT molecular complexity index is 1180. The van der Waals surface area contributed by atoms with E-state index in [4.69, 9.17) is 10.7 Å². The lowest BCUT2D eigenvalue weighted by molar-refractivity contribution is 0.194. The summed E-state index contributed by atoms with van der Waals surface area (Å²) in [5, 5.41) is 12.2. The Morgan fingerprint density at radius 3 is 2.84 bits per heavy atom. The summed E-state index contributed by atoms with van der Waals surface area (Å²) in [7, 11) is 0. The molecule has 10 heteroatoms. The smallest absolute Gasteiger partial charge is 0.234 e. The van der Waals surface area contributed by atoms with Crippen LogP contribution in [0.2, 0.25) is 0 Å². The molecule has 1 aliphatic heterocycles. The molecule has 5 rings (SSSR count). The summed E-state index contributed by atoms with van der Waals surface area (Å²) in [6.07, 6.45) is 9.20. The van der Waals surface area contributed by atoms with Crippen LogP contribution in [-0.2, 0) is 13.1 Å². The average molecular weight is 449 g/mol. The Morgan fingerprint density at radius 2 is 2.06 bits per heavy atom. The van der Waals surface area contributed by atoms with E-state index in [0.29, 0.717) is 18.3 Å². The number of aromatic hydroxyl groups is 1. The lowest BCUT2D eigenvalue weighted by atomic mass is 9.97. The first-order chi connectivity index (χ1) is 15.7. The molecule has 164 valence electrons. The van der Waals surface area contributed by atoms with E-state index < -0.39 is 0 Å². The van der Waals surface area contributed by atoms with Crippen LogP contribution >= 0.6 is 11.3 Å². The first-order valence-corrected chi connectivity index (χ1v) is 11.4. The molecule has 0 aliphatic carbocycles. The van der Waals surface area contributed by atoms with Crippen LogP contribution in [0.25, 0.3) is 16.5 Å². The van der Waals surface area contributed by atoms with Gasteiger partial charge in [-0.3, -0.25) is 9.47 Å². The molecule has 1 fully saturated rings. The van der Waals surface area contributed by atoms with E-state index in [2.05, 4.69) is 24.8 Å². The molecule has 4 aromatic rings. The summed E-state index contributed by atoms with van der Waals surface area (Å²) >= 11 is 1.61. The van der Waals surface area contributed by atoms with Crippen molar-refractivity contribution in [3.8, 4) is 22.4 Å². The van der Waals surface area contributed by atoms with Gasteiger partial charge in [-0.1, -0.05) is 6.07 Å². The summed E-state index contributed by atoms with van der Waals surface area (Å²) in [4.78, 5) is 25.7. The van der Waals surface area contributed by atoms with E-state index in [-0.39, 0.29) is 11.8 Å². The van der Waals surface area contributed by atoms with Gasteiger partial charge >= 0.3 is 0 Å². The summed E-state index contributed by atoms with van der Waals surface area (Å²) < 4.78 is 1.82. The lowest BCUT2D eigenvalue weighted by Gasteiger charge is -2.31. The number of rotatable bonds is 6. The molecule has 5 heterocycles. The minimum atomic E-state index is 0.0231. The number of nitrogens with zero attached hydrogens (tertiary/aromatic N) is 7. The Morgan fingerprint density at radius 1 is 1.19 bits per heavy atom. The first kappa shape index (κ1) is 20.7. The molecule has 3 N–H and O–H groups in total. The van der Waals surface area contributed by atoms with Gasteiger partial charge in [0.25, 0.3) is 0 Å². The second kappa shape index (κ2) is 9.11. The summed E-state index contributed by atoms with van der Waals surface area (Å²) in [5.41, 5.74) is 8.24. The largest absolute Gasteiger partial charge is 0.493 e. The molecule has 0 spiro atoms. The minimum Gasteiger partial charge on any atom is -0.493 e. The molecule has 4 aromatic heterocycles. The van der Waals surface area contributed by atoms with Gasteiger partial charge in [-0.2, -0.15) is 4.98 Å². The fraction of sp³-hybridized carbons (Fsp3) is 0.318. The van der Waals surface area contributed by atoms with E-state index in [1.165, 1.54) is 0 Å². The van der Waals surface area contributed by atoms with Crippen LogP contribution in [0.1, 0.15) is 35.8 Å². The standard InChI is InChI=1S/C22H24N8OS/c23-8-15-9-24-22(25-10-15)30-13-17(26-14-30)12-29-5-1-3-16(11-29)21-27-18(7-20(31)28-21)19-4-2-6-32-19/h2,4,6-7,9-10,13-14,16H,1,3,5,8,11-12,23H2,(H,27,28,31). The monoisotopic (exact) mass is 448 g/mol. The number of piperidine rings is 1. The summed E-state index contributed by atoms with van der Waals surface area (Å²) in [6, 6.07) is 5.62. The molecule has 0 amide bonds. The average Bonchev–Trinajstić information content (AvgIpc) is 3.52. The fourth-order valence-corrected chi connectivity index (χ4v) is 4.65. The third-order valence-electron chi connectivity index (χ3n) is 5.55. The van der Waals surface area contributed by atoms with Gasteiger partial charge in [0.1, 0.15) is 12.2 Å². The highest BCUT2D eigenvalue weighted by Gasteiger charge is 2.25. The van der Waals surface area contributed by atoms with E-state index in [9.17, 15) is 5.11 Å². The maximum atomic E-state index is 10.2. The third kappa shape index (κ3) is 4.52. The van der Waals surface area contributed by atoms with Crippen molar-refractivity contribution in [3.05, 3.63) is 65.6 Å². The SMILES string of the molecule is NCc1cnc(-n2cnc(CN3CCCC(c4nc(O)cc(-c5cccs5)n4)C3)c2)nc1. The van der Waals surface area contributed by atoms with Gasteiger partial charge in [0.15, 0.2) is 0 Å². The Kier molecular flexibility index (Phi) is 5.89. The van der Waals surface area contributed by atoms with Crippen LogP contribution in [0.15, 0.2) is 48.5 Å². The summed E-state index contributed by atoms with van der Waals surface area (Å²) in [5.74, 6) is 1.47. The molecule has 0 aromatic carbocycles. The van der Waals surface area contributed by atoms with E-state index in [1.807, 2.05) is 28.3 Å². The Balaban J connectivity index is 1.28. The van der Waals surface area contributed by atoms with Crippen LogP contribution in [-0.4, -0.2) is 52.6 Å². The molecule has 9 nitrogen and oxygen atoms in total. The van der Waals surface area contributed by atoms with Crippen LogP contribution < -0.4 is 5.73 Å². The molecule has 1 unspecified atom stereocenters. The van der Waals surface area contributed by atoms with E-state index in [0.717, 1.165) is 54.3 Å². The zero-order valence-electron chi connectivity index (χ0n) is 17.5. The summed E-state index contributed by atoms with van der Waals surface area (Å²) in [6.45, 7) is 2.95. The molecule has 0 bridgehead atoms. The molecule has 1 saturated heterocycles. The zero-order chi connectivity index (χ0) is 21.9. The maximum absolute atomic E-state index is 10.2. The van der Waals surface area contributed by atoms with Gasteiger partial charge < -0.3 is 10.8 Å². The van der Waals surface area contributed by atoms with E-state index >= 15 is 0 Å². The zero-order valence-corrected chi connectivity index (χ0v) is 18.3. The van der Waals surface area contributed by atoms with Crippen molar-refractivity contribution < 1.29 is 5.11 Å². The maximum Gasteiger partial charge on any atom is 0.234 e. The van der Waals surface area contributed by atoms with Gasteiger partial charge in [0, 0.05) is 55.8 Å². The fourth-order valence-electron chi connectivity index (χ4n) is 3.97. The van der Waals surface area contributed by atoms with Crippen molar-refractivity contribution >= 4 is 11.3 Å². The van der Waals surface area contributed by atoms with Crippen molar-refractivity contribution in [2.24, 2.45) is 5.73 Å². The number of imidazole rings is 1. The van der Waals surface area contributed by atoms with Crippen molar-refractivity contribution in [2.45, 2.75) is 31.8 Å². The third-order valence-corrected chi connectivity index (χ3v) is 6.45. The number of hydrogen-bond donors (Lipinski definition) is 2. The van der Waals surface area contributed by atoms with Crippen LogP contribution in [0.4, 0.5) is 0 Å². The van der Waals surface area contributed by atoms with Crippen molar-refractivity contribution in [3.63, 3.8) is 0 Å². The Hall–Kier alpha value is -3.21. The van der Waals surface area contributed by atoms with Gasteiger partial charge in [-0.15, -0.1) is 11.3 Å².